The van der Waals surface area contributed by atoms with Crippen LogP contribution < -0.4 is 5.73 Å². The molecule has 2 unspecified atom stereocenters. The first-order valence-electron chi connectivity index (χ1n) is 7.74. The molecule has 0 aromatic heterocycles. The lowest BCUT2D eigenvalue weighted by molar-refractivity contribution is 0.0583. The lowest BCUT2D eigenvalue weighted by Crippen LogP contribution is -2.51. The average Bonchev–Trinajstić information content (AvgIpc) is 2.53. The van der Waals surface area contributed by atoms with E-state index in [1.807, 2.05) is 18.7 Å². The number of amides is 1. The number of rotatable bonds is 4. The fraction of sp³-hybridized carbons (Fsp3) is 0.529. The summed E-state index contributed by atoms with van der Waals surface area (Å²) in [6, 6.07) is 7.07. The third-order valence-corrected chi connectivity index (χ3v) is 4.19. The molecule has 22 heavy (non-hydrogen) atoms. The molecular formula is C17H25ClN2O2. The minimum Gasteiger partial charge on any atom is -0.334 e. The van der Waals surface area contributed by atoms with Crippen molar-refractivity contribution in [3.05, 3.63) is 35.4 Å². The summed E-state index contributed by atoms with van der Waals surface area (Å²) in [7, 11) is 0. The summed E-state index contributed by atoms with van der Waals surface area (Å²) in [5.74, 6) is 0.118. The minimum atomic E-state index is -0.0183. The molecule has 2 N–H and O–H groups in total. The van der Waals surface area contributed by atoms with Gasteiger partial charge in [-0.05, 0) is 38.3 Å². The van der Waals surface area contributed by atoms with Crippen LogP contribution in [0.4, 0.5) is 0 Å². The molecule has 0 bridgehead atoms. The van der Waals surface area contributed by atoms with Gasteiger partial charge in [0.1, 0.15) is 0 Å². The van der Waals surface area contributed by atoms with Gasteiger partial charge in [0.25, 0.3) is 5.91 Å². The molecule has 2 atom stereocenters. The van der Waals surface area contributed by atoms with E-state index in [0.717, 1.165) is 25.8 Å². The Morgan fingerprint density at radius 3 is 2.36 bits per heavy atom. The highest BCUT2D eigenvalue weighted by molar-refractivity contribution is 5.98. The highest BCUT2D eigenvalue weighted by Gasteiger charge is 2.29. The molecule has 1 saturated heterocycles. The third-order valence-electron chi connectivity index (χ3n) is 4.19. The number of Topliss-reactive ketones (excluding diaryl/α,β-unsaturated/α-hetero) is 1. The molecule has 122 valence electrons. The number of likely N-dealkylation sites (tertiary alicyclic amines) is 1. The zero-order valence-electron chi connectivity index (χ0n) is 13.2. The topological polar surface area (TPSA) is 63.4 Å². The Balaban J connectivity index is 0.00000242. The highest BCUT2D eigenvalue weighted by Crippen LogP contribution is 2.21. The van der Waals surface area contributed by atoms with Crippen LogP contribution in [0.5, 0.6) is 0 Å². The molecule has 0 spiro atoms. The molecule has 4 nitrogen and oxygen atoms in total. The number of ketones is 1. The largest absolute Gasteiger partial charge is 0.334 e. The standard InChI is InChI=1S/C17H24N2O2.ClH/c1-3-16(20)13-7-9-14(10-8-13)17(21)19-11-5-4-6-15(19)12(2)18;/h7-10,12,15H,3-6,11,18H2,1-2H3;1H. The molecule has 1 aromatic rings. The van der Waals surface area contributed by atoms with Crippen molar-refractivity contribution < 1.29 is 9.59 Å². The Kier molecular flexibility index (Phi) is 7.04. The van der Waals surface area contributed by atoms with Gasteiger partial charge in [-0.2, -0.15) is 0 Å². The Labute approximate surface area is 138 Å². The molecular weight excluding hydrogens is 300 g/mol. The number of nitrogens with two attached hydrogens (primary N) is 1. The van der Waals surface area contributed by atoms with E-state index in [1.54, 1.807) is 24.3 Å². The van der Waals surface area contributed by atoms with Crippen molar-refractivity contribution in [2.45, 2.75) is 51.6 Å². The van der Waals surface area contributed by atoms with E-state index in [1.165, 1.54) is 0 Å². The van der Waals surface area contributed by atoms with Crippen LogP contribution in [0.3, 0.4) is 0 Å². The quantitative estimate of drug-likeness (QED) is 0.866. The summed E-state index contributed by atoms with van der Waals surface area (Å²) in [5.41, 5.74) is 7.31. The summed E-state index contributed by atoms with van der Waals surface area (Å²) in [4.78, 5) is 26.2. The Hall–Kier alpha value is -1.39. The summed E-state index contributed by atoms with van der Waals surface area (Å²) >= 11 is 0. The Morgan fingerprint density at radius 2 is 1.82 bits per heavy atom. The van der Waals surface area contributed by atoms with Gasteiger partial charge in [-0.15, -0.1) is 12.4 Å². The van der Waals surface area contributed by atoms with Gasteiger partial charge in [-0.1, -0.05) is 19.1 Å². The van der Waals surface area contributed by atoms with Gasteiger partial charge in [0.15, 0.2) is 5.78 Å². The Bertz CT molecular complexity index is 514. The molecule has 1 aliphatic heterocycles. The van der Waals surface area contributed by atoms with Crippen molar-refractivity contribution in [3.8, 4) is 0 Å². The van der Waals surface area contributed by atoms with Crippen LogP contribution >= 0.6 is 12.4 Å². The molecule has 1 aliphatic rings. The summed E-state index contributed by atoms with van der Waals surface area (Å²) < 4.78 is 0. The minimum absolute atomic E-state index is 0. The molecule has 1 aromatic carbocycles. The fourth-order valence-corrected chi connectivity index (χ4v) is 2.92. The van der Waals surface area contributed by atoms with Crippen LogP contribution in [0, 0.1) is 0 Å². The van der Waals surface area contributed by atoms with Crippen LogP contribution in [0.25, 0.3) is 0 Å². The van der Waals surface area contributed by atoms with Crippen molar-refractivity contribution >= 4 is 24.1 Å². The van der Waals surface area contributed by atoms with E-state index < -0.39 is 0 Å². The van der Waals surface area contributed by atoms with E-state index >= 15 is 0 Å². The second-order valence-electron chi connectivity index (χ2n) is 5.77. The predicted octanol–water partition coefficient (Wildman–Crippen LogP) is 3.04. The van der Waals surface area contributed by atoms with Gasteiger partial charge in [-0.25, -0.2) is 0 Å². The molecule has 0 saturated carbocycles. The first-order chi connectivity index (χ1) is 10.0. The van der Waals surface area contributed by atoms with Gasteiger partial charge in [0.2, 0.25) is 0 Å². The highest BCUT2D eigenvalue weighted by atomic mass is 35.5. The predicted molar refractivity (Wildman–Crippen MR) is 90.6 cm³/mol. The van der Waals surface area contributed by atoms with Gasteiger partial charge in [0.05, 0.1) is 0 Å². The fourth-order valence-electron chi connectivity index (χ4n) is 2.92. The lowest BCUT2D eigenvalue weighted by Gasteiger charge is -2.38. The van der Waals surface area contributed by atoms with E-state index in [2.05, 4.69) is 0 Å². The number of nitrogens with zero attached hydrogens (tertiary/aromatic N) is 1. The zero-order valence-corrected chi connectivity index (χ0v) is 14.1. The zero-order chi connectivity index (χ0) is 15.4. The van der Waals surface area contributed by atoms with Crippen molar-refractivity contribution in [1.29, 1.82) is 0 Å². The van der Waals surface area contributed by atoms with Gasteiger partial charge in [0, 0.05) is 36.2 Å². The summed E-state index contributed by atoms with van der Waals surface area (Å²) in [6.07, 6.45) is 3.60. The van der Waals surface area contributed by atoms with Crippen molar-refractivity contribution in [2.24, 2.45) is 5.73 Å². The number of hydrogen-bond donors (Lipinski definition) is 1. The molecule has 0 aliphatic carbocycles. The first kappa shape index (κ1) is 18.7. The van der Waals surface area contributed by atoms with E-state index in [0.29, 0.717) is 17.5 Å². The monoisotopic (exact) mass is 324 g/mol. The molecule has 1 heterocycles. The second-order valence-corrected chi connectivity index (χ2v) is 5.77. The van der Waals surface area contributed by atoms with Crippen LogP contribution in [0.1, 0.15) is 60.2 Å². The van der Waals surface area contributed by atoms with E-state index in [-0.39, 0.29) is 36.2 Å². The summed E-state index contributed by atoms with van der Waals surface area (Å²) in [5, 5.41) is 0. The number of halogens is 1. The number of carbonyl (C=O) groups is 2. The molecule has 0 radical (unpaired) electrons. The molecule has 1 fully saturated rings. The van der Waals surface area contributed by atoms with Crippen molar-refractivity contribution in [3.63, 3.8) is 0 Å². The van der Waals surface area contributed by atoms with Crippen LogP contribution in [-0.4, -0.2) is 35.2 Å². The van der Waals surface area contributed by atoms with E-state index in [9.17, 15) is 9.59 Å². The maximum atomic E-state index is 12.7. The average molecular weight is 325 g/mol. The third kappa shape index (κ3) is 4.08. The maximum absolute atomic E-state index is 12.7. The normalized spacial score (nSPS) is 19.2. The number of piperidine rings is 1. The Morgan fingerprint density at radius 1 is 1.23 bits per heavy atom. The van der Waals surface area contributed by atoms with Crippen LogP contribution in [-0.2, 0) is 0 Å². The molecule has 2 rings (SSSR count). The SMILES string of the molecule is CCC(=O)c1ccc(C(=O)N2CCCCC2C(C)N)cc1.Cl. The maximum Gasteiger partial charge on any atom is 0.254 e. The lowest BCUT2D eigenvalue weighted by atomic mass is 9.95. The number of carbonyl (C=O) groups excluding carboxylic acids is 2. The number of hydrogen-bond acceptors (Lipinski definition) is 3. The van der Waals surface area contributed by atoms with Crippen molar-refractivity contribution in [1.82, 2.24) is 4.90 Å². The van der Waals surface area contributed by atoms with Gasteiger partial charge < -0.3 is 10.6 Å². The van der Waals surface area contributed by atoms with Crippen molar-refractivity contribution in [2.75, 3.05) is 6.54 Å². The number of benzene rings is 1. The second kappa shape index (κ2) is 8.30. The van der Waals surface area contributed by atoms with Gasteiger partial charge in [-0.3, -0.25) is 9.59 Å². The molecule has 5 heteroatoms. The smallest absolute Gasteiger partial charge is 0.254 e. The first-order valence-corrected chi connectivity index (χ1v) is 7.74. The van der Waals surface area contributed by atoms with Crippen LogP contribution in [0.2, 0.25) is 0 Å². The van der Waals surface area contributed by atoms with E-state index in [4.69, 9.17) is 5.73 Å². The summed E-state index contributed by atoms with van der Waals surface area (Å²) in [6.45, 7) is 4.56. The molecule has 1 amide bonds. The van der Waals surface area contributed by atoms with Crippen LogP contribution in [0.15, 0.2) is 24.3 Å². The van der Waals surface area contributed by atoms with Gasteiger partial charge >= 0.3 is 0 Å².